The van der Waals surface area contributed by atoms with E-state index < -0.39 is 26.7 Å². The Hall–Kier alpha value is -2.36. The molecule has 2 amide bonds. The zero-order chi connectivity index (χ0) is 17.7. The lowest BCUT2D eigenvalue weighted by molar-refractivity contribution is -0.138. The highest BCUT2D eigenvalue weighted by molar-refractivity contribution is 8.02. The summed E-state index contributed by atoms with van der Waals surface area (Å²) in [5.41, 5.74) is 1.13. The Morgan fingerprint density at radius 2 is 1.72 bits per heavy atom. The second-order valence-corrected chi connectivity index (χ2v) is 8.40. The molecule has 2 aliphatic rings. The largest absolute Gasteiger partial charge is 0.323 e. The quantitative estimate of drug-likeness (QED) is 0.842. The van der Waals surface area contributed by atoms with Crippen molar-refractivity contribution in [2.24, 2.45) is 0 Å². The van der Waals surface area contributed by atoms with Gasteiger partial charge in [-0.3, -0.25) is 9.59 Å². The summed E-state index contributed by atoms with van der Waals surface area (Å²) in [4.78, 5) is 26.0. The first-order valence-electron chi connectivity index (χ1n) is 7.41. The highest BCUT2D eigenvalue weighted by Crippen LogP contribution is 2.51. The first-order chi connectivity index (χ1) is 11.9. The summed E-state index contributed by atoms with van der Waals surface area (Å²) >= 11 is 1.09. The molecule has 2 aromatic rings. The van der Waals surface area contributed by atoms with E-state index in [-0.39, 0.29) is 10.6 Å². The molecule has 0 aliphatic carbocycles. The van der Waals surface area contributed by atoms with Crippen molar-refractivity contribution >= 4 is 39.3 Å². The number of sulfonamides is 1. The van der Waals surface area contributed by atoms with E-state index in [0.717, 1.165) is 16.8 Å². The number of rotatable bonds is 3. The van der Waals surface area contributed by atoms with Gasteiger partial charge in [0.25, 0.3) is 15.9 Å². The van der Waals surface area contributed by atoms with Crippen LogP contribution in [0.3, 0.4) is 0 Å². The third-order valence-electron chi connectivity index (χ3n) is 4.08. The standard InChI is InChI=1S/C16H13N3O4S2/c20-14-10-24-16(12-8-4-5-9-13(12)17-15(16)21)19(14)18-25(22,23)11-6-2-1-3-7-11/h1-9,18H,10H2,(H,17,21). The number of thioether (sulfide) groups is 1. The monoisotopic (exact) mass is 375 g/mol. The minimum absolute atomic E-state index is 0.000929. The first kappa shape index (κ1) is 16.1. The van der Waals surface area contributed by atoms with Gasteiger partial charge < -0.3 is 5.32 Å². The second-order valence-electron chi connectivity index (χ2n) is 5.57. The van der Waals surface area contributed by atoms with Crippen molar-refractivity contribution in [3.8, 4) is 0 Å². The minimum Gasteiger partial charge on any atom is -0.323 e. The van der Waals surface area contributed by atoms with Crippen molar-refractivity contribution in [2.45, 2.75) is 9.77 Å². The molecule has 1 unspecified atom stereocenters. The number of hydrogen-bond donors (Lipinski definition) is 2. The molecular weight excluding hydrogens is 362 g/mol. The molecule has 1 saturated heterocycles. The van der Waals surface area contributed by atoms with E-state index in [1.165, 1.54) is 12.1 Å². The fraction of sp³-hybridized carbons (Fsp3) is 0.125. The van der Waals surface area contributed by atoms with Gasteiger partial charge in [-0.05, 0) is 18.2 Å². The van der Waals surface area contributed by atoms with Gasteiger partial charge in [-0.1, -0.05) is 36.4 Å². The van der Waals surface area contributed by atoms with Crippen molar-refractivity contribution in [3.63, 3.8) is 0 Å². The summed E-state index contributed by atoms with van der Waals surface area (Å²) in [6.07, 6.45) is 0. The molecule has 0 aromatic heterocycles. The maximum absolute atomic E-state index is 12.7. The molecule has 2 N–H and O–H groups in total. The van der Waals surface area contributed by atoms with E-state index in [9.17, 15) is 18.0 Å². The van der Waals surface area contributed by atoms with Crippen LogP contribution >= 0.6 is 11.8 Å². The van der Waals surface area contributed by atoms with Gasteiger partial charge in [0.15, 0.2) is 0 Å². The Labute approximate surface area is 148 Å². The predicted molar refractivity (Wildman–Crippen MR) is 92.8 cm³/mol. The molecule has 9 heteroatoms. The average molecular weight is 375 g/mol. The van der Waals surface area contributed by atoms with Crippen LogP contribution in [0.2, 0.25) is 0 Å². The minimum atomic E-state index is -4.00. The van der Waals surface area contributed by atoms with Crippen LogP contribution < -0.4 is 10.1 Å². The van der Waals surface area contributed by atoms with E-state index in [4.69, 9.17) is 0 Å². The number of hydrazine groups is 1. The lowest BCUT2D eigenvalue weighted by atomic mass is 10.1. The summed E-state index contributed by atoms with van der Waals surface area (Å²) in [7, 11) is -4.00. The molecule has 1 spiro atoms. The molecule has 7 nitrogen and oxygen atoms in total. The maximum Gasteiger partial charge on any atom is 0.267 e. The summed E-state index contributed by atoms with van der Waals surface area (Å²) in [6.45, 7) is 0. The summed E-state index contributed by atoms with van der Waals surface area (Å²) in [5, 5.41) is 3.65. The normalized spacial score (nSPS) is 22.3. The second kappa shape index (κ2) is 5.58. The van der Waals surface area contributed by atoms with Gasteiger partial charge in [-0.25, -0.2) is 13.4 Å². The SMILES string of the molecule is O=C1CSC2(C(=O)Nc3ccccc32)N1NS(=O)(=O)c1ccccc1. The molecule has 2 aromatic carbocycles. The summed E-state index contributed by atoms with van der Waals surface area (Å²) in [5.74, 6) is -0.921. The number of carbonyl (C=O) groups is 2. The zero-order valence-electron chi connectivity index (χ0n) is 12.8. The molecule has 0 saturated carbocycles. The number of para-hydroxylation sites is 1. The molecule has 0 bridgehead atoms. The van der Waals surface area contributed by atoms with Gasteiger partial charge in [0.1, 0.15) is 0 Å². The number of amides is 2. The van der Waals surface area contributed by atoms with Gasteiger partial charge in [0, 0.05) is 11.3 Å². The number of nitrogens with one attached hydrogen (secondary N) is 2. The van der Waals surface area contributed by atoms with Crippen LogP contribution in [0.4, 0.5) is 5.69 Å². The predicted octanol–water partition coefficient (Wildman–Crippen LogP) is 1.26. The molecule has 0 radical (unpaired) electrons. The Morgan fingerprint density at radius 3 is 2.48 bits per heavy atom. The Bertz CT molecular complexity index is 978. The molecular formula is C16H13N3O4S2. The van der Waals surface area contributed by atoms with Gasteiger partial charge >= 0.3 is 0 Å². The number of hydrogen-bond acceptors (Lipinski definition) is 5. The van der Waals surface area contributed by atoms with Crippen LogP contribution in [0, 0.1) is 0 Å². The first-order valence-corrected chi connectivity index (χ1v) is 9.87. The number of benzene rings is 2. The van der Waals surface area contributed by atoms with E-state index in [1.807, 2.05) is 0 Å². The van der Waals surface area contributed by atoms with Crippen LogP contribution in [-0.4, -0.2) is 31.0 Å². The number of carbonyl (C=O) groups excluding carboxylic acids is 2. The third-order valence-corrected chi connectivity index (χ3v) is 6.79. The molecule has 1 atom stereocenters. The van der Waals surface area contributed by atoms with Crippen molar-refractivity contribution in [3.05, 3.63) is 60.2 Å². The van der Waals surface area contributed by atoms with Crippen LogP contribution in [0.15, 0.2) is 59.5 Å². The average Bonchev–Trinajstić information content (AvgIpc) is 3.08. The van der Waals surface area contributed by atoms with Crippen LogP contribution in [0.5, 0.6) is 0 Å². The van der Waals surface area contributed by atoms with E-state index in [2.05, 4.69) is 10.1 Å². The Kier molecular flexibility index (Phi) is 3.60. The summed E-state index contributed by atoms with van der Waals surface area (Å²) < 4.78 is 25.3. The van der Waals surface area contributed by atoms with Crippen LogP contribution in [-0.2, 0) is 24.5 Å². The molecule has 2 aliphatic heterocycles. The Balaban J connectivity index is 1.79. The molecule has 128 valence electrons. The molecule has 4 rings (SSSR count). The lowest BCUT2D eigenvalue weighted by Gasteiger charge is -2.31. The van der Waals surface area contributed by atoms with E-state index in [1.54, 1.807) is 42.5 Å². The van der Waals surface area contributed by atoms with Crippen molar-refractivity contribution in [2.75, 3.05) is 11.1 Å². The fourth-order valence-corrected chi connectivity index (χ4v) is 5.35. The molecule has 2 heterocycles. The molecule has 25 heavy (non-hydrogen) atoms. The number of fused-ring (bicyclic) bond motifs is 2. The highest BCUT2D eigenvalue weighted by atomic mass is 32.2. The highest BCUT2D eigenvalue weighted by Gasteiger charge is 2.59. The smallest absolute Gasteiger partial charge is 0.267 e. The van der Waals surface area contributed by atoms with E-state index >= 15 is 0 Å². The van der Waals surface area contributed by atoms with Crippen molar-refractivity contribution < 1.29 is 18.0 Å². The third kappa shape index (κ3) is 2.35. The van der Waals surface area contributed by atoms with Crippen molar-refractivity contribution in [1.82, 2.24) is 9.84 Å². The number of nitrogens with zero attached hydrogens (tertiary/aromatic N) is 1. The van der Waals surface area contributed by atoms with Gasteiger partial charge in [0.05, 0.1) is 10.6 Å². The maximum atomic E-state index is 12.7. The van der Waals surface area contributed by atoms with Crippen LogP contribution in [0.1, 0.15) is 5.56 Å². The van der Waals surface area contributed by atoms with Gasteiger partial charge in [-0.15, -0.1) is 16.6 Å². The van der Waals surface area contributed by atoms with Gasteiger partial charge in [0.2, 0.25) is 10.8 Å². The lowest BCUT2D eigenvalue weighted by Crippen LogP contribution is -2.55. The van der Waals surface area contributed by atoms with Crippen LogP contribution in [0.25, 0.3) is 0 Å². The number of anilines is 1. The topological polar surface area (TPSA) is 95.6 Å². The molecule has 1 fully saturated rings. The van der Waals surface area contributed by atoms with Gasteiger partial charge in [-0.2, -0.15) is 0 Å². The zero-order valence-corrected chi connectivity index (χ0v) is 14.4. The summed E-state index contributed by atoms with van der Waals surface area (Å²) in [6, 6.07) is 14.6. The Morgan fingerprint density at radius 1 is 1.04 bits per heavy atom. The fourth-order valence-electron chi connectivity index (χ4n) is 2.94. The van der Waals surface area contributed by atoms with E-state index in [0.29, 0.717) is 11.3 Å². The van der Waals surface area contributed by atoms with Crippen molar-refractivity contribution in [1.29, 1.82) is 0 Å².